The molecule has 0 spiro atoms. The fourth-order valence-electron chi connectivity index (χ4n) is 4.11. The Kier molecular flexibility index (Phi) is 6.36. The maximum atomic E-state index is 12.4. The van der Waals surface area contributed by atoms with Crippen molar-refractivity contribution in [2.45, 2.75) is 12.5 Å². The van der Waals surface area contributed by atoms with Crippen LogP contribution in [0, 0.1) is 0 Å². The predicted octanol–water partition coefficient (Wildman–Crippen LogP) is 6.57. The largest absolute Gasteiger partial charge is 0.507 e. The molecular weight excluding hydrogens is 480 g/mol. The van der Waals surface area contributed by atoms with Gasteiger partial charge in [-0.25, -0.2) is 5.01 Å². The van der Waals surface area contributed by atoms with Gasteiger partial charge in [0.15, 0.2) is 5.84 Å². The van der Waals surface area contributed by atoms with Gasteiger partial charge in [0.1, 0.15) is 5.75 Å². The third-order valence-corrected chi connectivity index (χ3v) is 6.94. The van der Waals surface area contributed by atoms with Crippen LogP contribution in [0.4, 0.5) is 10.5 Å². The molecule has 0 radical (unpaired) electrons. The molecule has 1 amide bonds. The number of phenolic OH excluding ortho intramolecular Hbond substituents is 1. The molecule has 3 aromatic rings. The first-order valence-electron chi connectivity index (χ1n) is 11.1. The lowest BCUT2D eigenvalue weighted by Crippen LogP contribution is -2.26. The van der Waals surface area contributed by atoms with E-state index in [9.17, 15) is 9.90 Å². The fourth-order valence-corrected chi connectivity index (χ4v) is 5.03. The molecule has 2 aliphatic heterocycles. The van der Waals surface area contributed by atoms with Crippen molar-refractivity contribution in [2.75, 3.05) is 19.0 Å². The molecule has 0 fully saturated rings. The Morgan fingerprint density at radius 2 is 1.83 bits per heavy atom. The zero-order chi connectivity index (χ0) is 24.5. The monoisotopic (exact) mass is 502 g/mol. The average molecular weight is 503 g/mol. The molecule has 0 bridgehead atoms. The summed E-state index contributed by atoms with van der Waals surface area (Å²) in [7, 11) is 4.01. The molecule has 35 heavy (non-hydrogen) atoms. The summed E-state index contributed by atoms with van der Waals surface area (Å²) in [5, 5.41) is 17.3. The van der Waals surface area contributed by atoms with Gasteiger partial charge in [0.25, 0.3) is 0 Å². The van der Waals surface area contributed by atoms with Crippen molar-refractivity contribution in [3.63, 3.8) is 0 Å². The highest BCUT2D eigenvalue weighted by atomic mass is 35.5. The van der Waals surface area contributed by atoms with Crippen LogP contribution in [0.3, 0.4) is 0 Å². The van der Waals surface area contributed by atoms with Crippen molar-refractivity contribution in [2.24, 2.45) is 10.1 Å². The molecule has 5 rings (SSSR count). The van der Waals surface area contributed by atoms with Gasteiger partial charge in [-0.3, -0.25) is 4.79 Å². The lowest BCUT2D eigenvalue weighted by Gasteiger charge is -2.24. The molecule has 6 nitrogen and oxygen atoms in total. The zero-order valence-corrected chi connectivity index (χ0v) is 20.8. The average Bonchev–Trinajstić information content (AvgIpc) is 3.45. The highest BCUT2D eigenvalue weighted by molar-refractivity contribution is 8.18. The minimum Gasteiger partial charge on any atom is -0.507 e. The molecule has 2 heterocycles. The first-order valence-corrected chi connectivity index (χ1v) is 12.3. The van der Waals surface area contributed by atoms with E-state index in [4.69, 9.17) is 16.7 Å². The van der Waals surface area contributed by atoms with Crippen LogP contribution < -0.4 is 4.90 Å². The third-order valence-electron chi connectivity index (χ3n) is 5.92. The maximum absolute atomic E-state index is 12.4. The van der Waals surface area contributed by atoms with Crippen molar-refractivity contribution >= 4 is 51.9 Å². The number of aromatic hydroxyl groups is 1. The van der Waals surface area contributed by atoms with Crippen LogP contribution in [0.2, 0.25) is 5.02 Å². The lowest BCUT2D eigenvalue weighted by atomic mass is 9.98. The number of phenols is 1. The minimum absolute atomic E-state index is 0.0759. The molecule has 3 aromatic carbocycles. The number of rotatable bonds is 4. The molecule has 176 valence electrons. The van der Waals surface area contributed by atoms with E-state index in [1.54, 1.807) is 18.2 Å². The van der Waals surface area contributed by atoms with Gasteiger partial charge in [0.05, 0.1) is 16.7 Å². The van der Waals surface area contributed by atoms with Crippen LogP contribution in [0.25, 0.3) is 6.08 Å². The predicted molar refractivity (Wildman–Crippen MR) is 144 cm³/mol. The molecule has 1 atom stereocenters. The molecule has 0 saturated heterocycles. The van der Waals surface area contributed by atoms with Gasteiger partial charge < -0.3 is 10.0 Å². The van der Waals surface area contributed by atoms with Crippen molar-refractivity contribution in [3.05, 3.63) is 99.4 Å². The Balaban J connectivity index is 1.57. The second kappa shape index (κ2) is 9.60. The smallest absolute Gasteiger partial charge is 0.311 e. The number of amides is 1. The minimum atomic E-state index is -0.321. The van der Waals surface area contributed by atoms with Crippen molar-refractivity contribution in [1.29, 1.82) is 0 Å². The summed E-state index contributed by atoms with van der Waals surface area (Å²) in [6.45, 7) is 0. The Morgan fingerprint density at radius 3 is 2.54 bits per heavy atom. The summed E-state index contributed by atoms with van der Waals surface area (Å²) in [4.78, 5) is 19.4. The quantitative estimate of drug-likeness (QED) is 0.437. The number of carbonyl (C=O) groups excluding carboxylic acids is 1. The standard InChI is InChI=1S/C27H23ClN4O2S/c1-31(2)21-11-8-18(9-12-21)23-16-22(17-6-4-3-5-7-17)30-32(23)26-25(35-27(34)29-26)15-19-14-20(28)10-13-24(19)33/h3-15,23,33H,16H2,1-2H3/b25-15-. The van der Waals surface area contributed by atoms with Gasteiger partial charge in [0, 0.05) is 36.8 Å². The number of hydrazone groups is 1. The summed E-state index contributed by atoms with van der Waals surface area (Å²) in [6, 6.07) is 23.0. The Labute approximate surface area is 213 Å². The van der Waals surface area contributed by atoms with E-state index in [1.807, 2.05) is 49.4 Å². The molecular formula is C27H23ClN4O2S. The molecule has 1 N–H and O–H groups in total. The summed E-state index contributed by atoms with van der Waals surface area (Å²) >= 11 is 7.16. The number of aliphatic imine (C=N–C) groups is 1. The third kappa shape index (κ3) is 4.83. The lowest BCUT2D eigenvalue weighted by molar-refractivity contribution is 0.267. The molecule has 1 unspecified atom stereocenters. The second-order valence-electron chi connectivity index (χ2n) is 8.48. The second-order valence-corrected chi connectivity index (χ2v) is 9.91. The van der Waals surface area contributed by atoms with Crippen LogP contribution in [0.5, 0.6) is 5.75 Å². The van der Waals surface area contributed by atoms with Crippen LogP contribution in [-0.4, -0.2) is 41.0 Å². The summed E-state index contributed by atoms with van der Waals surface area (Å²) < 4.78 is 0. The van der Waals surface area contributed by atoms with Crippen LogP contribution in [0.1, 0.15) is 29.2 Å². The topological polar surface area (TPSA) is 68.5 Å². The van der Waals surface area contributed by atoms with E-state index < -0.39 is 0 Å². The van der Waals surface area contributed by atoms with E-state index >= 15 is 0 Å². The van der Waals surface area contributed by atoms with Gasteiger partial charge >= 0.3 is 5.24 Å². The molecule has 8 heteroatoms. The zero-order valence-electron chi connectivity index (χ0n) is 19.2. The summed E-state index contributed by atoms with van der Waals surface area (Å²) in [5.74, 6) is 0.541. The number of carbonyl (C=O) groups is 1. The van der Waals surface area contributed by atoms with Gasteiger partial charge in [-0.05, 0) is 59.3 Å². The normalized spacial score (nSPS) is 18.7. The SMILES string of the molecule is CN(C)c1ccc(C2CC(c3ccccc3)=NN2C2=NC(=O)S/C2=C\c2cc(Cl)ccc2O)cc1. The van der Waals surface area contributed by atoms with Crippen molar-refractivity contribution in [1.82, 2.24) is 5.01 Å². The Bertz CT molecular complexity index is 1370. The molecule has 0 aromatic heterocycles. The van der Waals surface area contributed by atoms with Gasteiger partial charge in [-0.2, -0.15) is 10.1 Å². The number of anilines is 1. The number of nitrogens with zero attached hydrogens (tertiary/aromatic N) is 4. The number of hydrogen-bond donors (Lipinski definition) is 1. The summed E-state index contributed by atoms with van der Waals surface area (Å²) in [6.07, 6.45) is 2.40. The molecule has 2 aliphatic rings. The van der Waals surface area contributed by atoms with E-state index in [2.05, 4.69) is 34.2 Å². The van der Waals surface area contributed by atoms with Crippen LogP contribution >= 0.6 is 23.4 Å². The number of benzene rings is 3. The highest BCUT2D eigenvalue weighted by Gasteiger charge is 2.37. The number of amidine groups is 1. The van der Waals surface area contributed by atoms with E-state index in [0.717, 1.165) is 34.3 Å². The first kappa shape index (κ1) is 23.2. The van der Waals surface area contributed by atoms with E-state index in [0.29, 0.717) is 27.7 Å². The van der Waals surface area contributed by atoms with Gasteiger partial charge in [-0.15, -0.1) is 0 Å². The fraction of sp³-hybridized carbons (Fsp3) is 0.148. The Hall–Kier alpha value is -3.55. The maximum Gasteiger partial charge on any atom is 0.311 e. The van der Waals surface area contributed by atoms with Crippen molar-refractivity contribution in [3.8, 4) is 5.75 Å². The first-order chi connectivity index (χ1) is 16.9. The van der Waals surface area contributed by atoms with E-state index in [1.165, 1.54) is 6.07 Å². The van der Waals surface area contributed by atoms with Crippen LogP contribution in [-0.2, 0) is 0 Å². The number of halogens is 1. The number of hydrogen-bond acceptors (Lipinski definition) is 6. The van der Waals surface area contributed by atoms with Crippen molar-refractivity contribution < 1.29 is 9.90 Å². The Morgan fingerprint density at radius 1 is 1.09 bits per heavy atom. The molecule has 0 aliphatic carbocycles. The highest BCUT2D eigenvalue weighted by Crippen LogP contribution is 2.40. The van der Waals surface area contributed by atoms with Gasteiger partial charge in [-0.1, -0.05) is 54.1 Å². The molecule has 0 saturated carbocycles. The van der Waals surface area contributed by atoms with Crippen LogP contribution in [0.15, 0.2) is 87.8 Å². The number of thioether (sulfide) groups is 1. The van der Waals surface area contributed by atoms with E-state index in [-0.39, 0.29) is 17.0 Å². The van der Waals surface area contributed by atoms with Gasteiger partial charge in [0.2, 0.25) is 0 Å². The summed E-state index contributed by atoms with van der Waals surface area (Å²) in [5.41, 5.74) is 4.64.